The second-order valence-corrected chi connectivity index (χ2v) is 7.10. The Morgan fingerprint density at radius 1 is 1.16 bits per heavy atom. The molecule has 0 saturated carbocycles. The number of anilines is 1. The zero-order chi connectivity index (χ0) is 17.6. The van der Waals surface area contributed by atoms with Gasteiger partial charge in [-0.15, -0.1) is 0 Å². The van der Waals surface area contributed by atoms with Gasteiger partial charge in [-0.1, -0.05) is 36.2 Å². The van der Waals surface area contributed by atoms with Crippen molar-refractivity contribution in [2.24, 2.45) is 5.92 Å². The second-order valence-electron chi connectivity index (χ2n) is 6.34. The van der Waals surface area contributed by atoms with Crippen molar-refractivity contribution in [3.8, 4) is 11.1 Å². The minimum Gasteiger partial charge on any atom is -0.356 e. The molecule has 3 aromatic rings. The van der Waals surface area contributed by atoms with Crippen LogP contribution >= 0.6 is 23.2 Å². The molecule has 5 nitrogen and oxygen atoms in total. The Balaban J connectivity index is 2.00. The van der Waals surface area contributed by atoms with Gasteiger partial charge in [0.15, 0.2) is 0 Å². The van der Waals surface area contributed by atoms with Gasteiger partial charge in [-0.25, -0.2) is 4.39 Å². The number of hydrogen-bond acceptors (Lipinski definition) is 4. The van der Waals surface area contributed by atoms with Gasteiger partial charge in [0, 0.05) is 18.7 Å². The third kappa shape index (κ3) is 2.83. The lowest BCUT2D eigenvalue weighted by Crippen LogP contribution is -2.35. The maximum absolute atomic E-state index is 14.6. The van der Waals surface area contributed by atoms with Gasteiger partial charge < -0.3 is 4.90 Å². The van der Waals surface area contributed by atoms with Gasteiger partial charge in [0.1, 0.15) is 23.1 Å². The highest BCUT2D eigenvalue weighted by atomic mass is 35.5. The van der Waals surface area contributed by atoms with Crippen LogP contribution in [0.3, 0.4) is 0 Å². The minimum atomic E-state index is -0.442. The molecule has 1 aromatic carbocycles. The van der Waals surface area contributed by atoms with Gasteiger partial charge >= 0.3 is 0 Å². The van der Waals surface area contributed by atoms with Gasteiger partial charge in [-0.2, -0.15) is 19.6 Å². The molecule has 0 N–H and O–H groups in total. The number of halogens is 3. The highest BCUT2D eigenvalue weighted by Crippen LogP contribution is 2.41. The first kappa shape index (κ1) is 16.5. The van der Waals surface area contributed by atoms with Gasteiger partial charge in [0.25, 0.3) is 5.78 Å². The first-order valence-corrected chi connectivity index (χ1v) is 8.90. The summed E-state index contributed by atoms with van der Waals surface area (Å²) in [5.41, 5.74) is 0.699. The topological polar surface area (TPSA) is 46.3 Å². The summed E-state index contributed by atoms with van der Waals surface area (Å²) < 4.78 is 16.2. The van der Waals surface area contributed by atoms with Crippen LogP contribution in [0.1, 0.15) is 19.8 Å². The van der Waals surface area contributed by atoms with E-state index in [0.717, 1.165) is 25.9 Å². The molecule has 3 heterocycles. The van der Waals surface area contributed by atoms with Crippen LogP contribution in [0.2, 0.25) is 10.2 Å². The predicted molar refractivity (Wildman–Crippen MR) is 96.8 cm³/mol. The summed E-state index contributed by atoms with van der Waals surface area (Å²) in [4.78, 5) is 10.6. The summed E-state index contributed by atoms with van der Waals surface area (Å²) >= 11 is 12.8. The van der Waals surface area contributed by atoms with Crippen LogP contribution < -0.4 is 4.90 Å². The van der Waals surface area contributed by atoms with Crippen molar-refractivity contribution < 1.29 is 4.39 Å². The average Bonchev–Trinajstić information content (AvgIpc) is 3.03. The molecule has 0 unspecified atom stereocenters. The molecular formula is C17H16Cl2FN5. The number of benzene rings is 1. The van der Waals surface area contributed by atoms with Crippen LogP contribution in [0.5, 0.6) is 0 Å². The molecule has 0 amide bonds. The SMILES string of the molecule is CC1CCN(c2c(-c3c(F)cccc3Cl)c(Cl)nc3ncnn23)CC1. The fourth-order valence-electron chi connectivity index (χ4n) is 3.27. The molecule has 1 aliphatic rings. The zero-order valence-electron chi connectivity index (χ0n) is 13.6. The highest BCUT2D eigenvalue weighted by molar-refractivity contribution is 6.36. The van der Waals surface area contributed by atoms with E-state index in [-0.39, 0.29) is 15.7 Å². The van der Waals surface area contributed by atoms with Crippen LogP contribution in [0, 0.1) is 11.7 Å². The Bertz CT molecular complexity index is 914. The zero-order valence-corrected chi connectivity index (χ0v) is 15.1. The molecule has 8 heteroatoms. The number of aromatic nitrogens is 4. The summed E-state index contributed by atoms with van der Waals surface area (Å²) in [5, 5.41) is 4.73. The molecule has 1 aliphatic heterocycles. The Morgan fingerprint density at radius 2 is 1.92 bits per heavy atom. The molecule has 0 atom stereocenters. The summed E-state index contributed by atoms with van der Waals surface area (Å²) in [6.45, 7) is 3.89. The van der Waals surface area contributed by atoms with E-state index in [2.05, 4.69) is 26.9 Å². The van der Waals surface area contributed by atoms with Crippen molar-refractivity contribution in [1.82, 2.24) is 19.6 Å². The minimum absolute atomic E-state index is 0.168. The molecule has 1 fully saturated rings. The van der Waals surface area contributed by atoms with Crippen molar-refractivity contribution in [1.29, 1.82) is 0 Å². The molecule has 1 saturated heterocycles. The molecule has 0 aliphatic carbocycles. The van der Waals surface area contributed by atoms with Crippen LogP contribution in [0.15, 0.2) is 24.5 Å². The smallest absolute Gasteiger partial charge is 0.255 e. The molecule has 4 rings (SSSR count). The quantitative estimate of drug-likeness (QED) is 0.616. The van der Waals surface area contributed by atoms with Gasteiger partial charge in [0.05, 0.1) is 10.6 Å². The maximum atomic E-state index is 14.6. The fourth-order valence-corrected chi connectivity index (χ4v) is 3.78. The summed E-state index contributed by atoms with van der Waals surface area (Å²) in [6, 6.07) is 4.58. The molecular weight excluding hydrogens is 364 g/mol. The molecule has 0 bridgehead atoms. The first-order chi connectivity index (χ1) is 12.1. The second kappa shape index (κ2) is 6.42. The highest BCUT2D eigenvalue weighted by Gasteiger charge is 2.27. The van der Waals surface area contributed by atoms with Crippen LogP contribution in [-0.2, 0) is 0 Å². The lowest BCUT2D eigenvalue weighted by molar-refractivity contribution is 0.435. The largest absolute Gasteiger partial charge is 0.356 e. The van der Waals surface area contributed by atoms with Crippen molar-refractivity contribution >= 4 is 34.8 Å². The third-order valence-corrected chi connectivity index (χ3v) is 5.24. The van der Waals surface area contributed by atoms with Crippen LogP contribution in [0.4, 0.5) is 10.2 Å². The first-order valence-electron chi connectivity index (χ1n) is 8.15. The standard InChI is InChI=1S/C17H16Cl2FN5/c1-10-5-7-24(8-6-10)16-14(13-11(18)3-2-4-12(13)20)15(19)23-17-21-9-22-25(16)17/h2-4,9-10H,5-8H2,1H3. The van der Waals surface area contributed by atoms with Gasteiger partial charge in [0.2, 0.25) is 0 Å². The van der Waals surface area contributed by atoms with Crippen LogP contribution in [-0.4, -0.2) is 32.7 Å². The Morgan fingerprint density at radius 3 is 2.64 bits per heavy atom. The predicted octanol–water partition coefficient (Wildman–Crippen LogP) is 4.47. The monoisotopic (exact) mass is 379 g/mol. The van der Waals surface area contributed by atoms with Crippen molar-refractivity contribution in [2.75, 3.05) is 18.0 Å². The van der Waals surface area contributed by atoms with Crippen LogP contribution in [0.25, 0.3) is 16.9 Å². The van der Waals surface area contributed by atoms with E-state index >= 15 is 0 Å². The van der Waals surface area contributed by atoms with Crippen molar-refractivity contribution in [2.45, 2.75) is 19.8 Å². The number of nitrogens with zero attached hydrogens (tertiary/aromatic N) is 5. The lowest BCUT2D eigenvalue weighted by Gasteiger charge is -2.33. The number of hydrogen-bond donors (Lipinski definition) is 0. The maximum Gasteiger partial charge on any atom is 0.255 e. The van der Waals surface area contributed by atoms with Gasteiger partial charge in [-0.3, -0.25) is 0 Å². The van der Waals surface area contributed by atoms with E-state index in [0.29, 0.717) is 23.1 Å². The Hall–Kier alpha value is -1.92. The van der Waals surface area contributed by atoms with E-state index in [9.17, 15) is 4.39 Å². The van der Waals surface area contributed by atoms with E-state index in [4.69, 9.17) is 23.2 Å². The van der Waals surface area contributed by atoms with Gasteiger partial charge in [-0.05, 0) is 30.9 Å². The summed E-state index contributed by atoms with van der Waals surface area (Å²) in [5.74, 6) is 1.28. The molecule has 0 radical (unpaired) electrons. The normalized spacial score (nSPS) is 15.9. The van der Waals surface area contributed by atoms with E-state index in [1.807, 2.05) is 0 Å². The molecule has 2 aromatic heterocycles. The molecule has 0 spiro atoms. The Kier molecular flexibility index (Phi) is 4.25. The average molecular weight is 380 g/mol. The van der Waals surface area contributed by atoms with E-state index in [1.165, 1.54) is 12.4 Å². The summed E-state index contributed by atoms with van der Waals surface area (Å²) in [7, 11) is 0. The summed E-state index contributed by atoms with van der Waals surface area (Å²) in [6.07, 6.45) is 3.50. The molecule has 130 valence electrons. The van der Waals surface area contributed by atoms with Crippen molar-refractivity contribution in [3.63, 3.8) is 0 Å². The fraction of sp³-hybridized carbons (Fsp3) is 0.353. The van der Waals surface area contributed by atoms with E-state index in [1.54, 1.807) is 16.6 Å². The van der Waals surface area contributed by atoms with Crippen molar-refractivity contribution in [3.05, 3.63) is 40.5 Å². The lowest BCUT2D eigenvalue weighted by atomic mass is 9.98. The third-order valence-electron chi connectivity index (χ3n) is 4.65. The number of fused-ring (bicyclic) bond motifs is 1. The molecule has 25 heavy (non-hydrogen) atoms. The number of rotatable bonds is 2. The van der Waals surface area contributed by atoms with E-state index < -0.39 is 5.82 Å². The Labute approximate surface area is 154 Å². The number of piperidine rings is 1.